The summed E-state index contributed by atoms with van der Waals surface area (Å²) in [4.78, 5) is 0.749. The summed E-state index contributed by atoms with van der Waals surface area (Å²) in [6.07, 6.45) is 11.7. The Labute approximate surface area is 101 Å². The molecular formula is C13H21BrO. The molecule has 3 aliphatic carbocycles. The summed E-state index contributed by atoms with van der Waals surface area (Å²) in [5, 5.41) is 0. The van der Waals surface area contributed by atoms with Crippen molar-refractivity contribution in [2.75, 3.05) is 6.61 Å². The van der Waals surface area contributed by atoms with Gasteiger partial charge in [-0.3, -0.25) is 0 Å². The van der Waals surface area contributed by atoms with Crippen LogP contribution in [0.25, 0.3) is 0 Å². The molecule has 2 unspecified atom stereocenters. The minimum atomic E-state index is 0.545. The van der Waals surface area contributed by atoms with E-state index >= 15 is 0 Å². The van der Waals surface area contributed by atoms with Crippen molar-refractivity contribution in [1.82, 2.24) is 0 Å². The number of hydrogen-bond donors (Lipinski definition) is 0. The zero-order chi connectivity index (χ0) is 10.3. The van der Waals surface area contributed by atoms with Crippen molar-refractivity contribution < 1.29 is 4.74 Å². The van der Waals surface area contributed by atoms with Gasteiger partial charge in [0.15, 0.2) is 0 Å². The summed E-state index contributed by atoms with van der Waals surface area (Å²) < 4.78 is 6.11. The highest BCUT2D eigenvalue weighted by Crippen LogP contribution is 2.57. The Morgan fingerprint density at radius 2 is 1.93 bits per heavy atom. The fourth-order valence-electron chi connectivity index (χ4n) is 3.38. The van der Waals surface area contributed by atoms with Crippen molar-refractivity contribution in [3.05, 3.63) is 0 Å². The summed E-state index contributed by atoms with van der Waals surface area (Å²) in [5.74, 6) is 1.02. The van der Waals surface area contributed by atoms with Crippen LogP contribution in [0.2, 0.25) is 0 Å². The molecule has 0 heterocycles. The van der Waals surface area contributed by atoms with Gasteiger partial charge in [0.2, 0.25) is 0 Å². The number of rotatable bonds is 4. The molecule has 0 aromatic rings. The molecule has 1 spiro atoms. The van der Waals surface area contributed by atoms with Gasteiger partial charge in [0.25, 0.3) is 0 Å². The van der Waals surface area contributed by atoms with Crippen molar-refractivity contribution in [2.24, 2.45) is 11.3 Å². The molecule has 3 saturated carbocycles. The van der Waals surface area contributed by atoms with Crippen molar-refractivity contribution in [3.63, 3.8) is 0 Å². The van der Waals surface area contributed by atoms with E-state index in [1.807, 2.05) is 0 Å². The van der Waals surface area contributed by atoms with Gasteiger partial charge in [0.05, 0.1) is 6.10 Å². The Hall–Kier alpha value is 0.440. The van der Waals surface area contributed by atoms with Gasteiger partial charge in [-0.2, -0.15) is 0 Å². The van der Waals surface area contributed by atoms with Gasteiger partial charge in [-0.1, -0.05) is 41.6 Å². The van der Waals surface area contributed by atoms with Crippen LogP contribution in [0.15, 0.2) is 0 Å². The molecule has 0 saturated heterocycles. The molecule has 3 fully saturated rings. The average molecular weight is 273 g/mol. The largest absolute Gasteiger partial charge is 0.378 e. The first-order chi connectivity index (χ1) is 7.31. The van der Waals surface area contributed by atoms with Crippen LogP contribution in [0.3, 0.4) is 0 Å². The molecule has 0 aliphatic heterocycles. The van der Waals surface area contributed by atoms with Crippen LogP contribution in [0.1, 0.15) is 51.4 Å². The highest BCUT2D eigenvalue weighted by atomic mass is 79.9. The van der Waals surface area contributed by atoms with Gasteiger partial charge in [-0.05, 0) is 31.6 Å². The Bertz CT molecular complexity index is 231. The van der Waals surface area contributed by atoms with E-state index in [2.05, 4.69) is 15.9 Å². The molecule has 2 atom stereocenters. The molecular weight excluding hydrogens is 252 g/mol. The van der Waals surface area contributed by atoms with Gasteiger partial charge in [-0.15, -0.1) is 0 Å². The van der Waals surface area contributed by atoms with Crippen LogP contribution in [-0.4, -0.2) is 17.5 Å². The van der Waals surface area contributed by atoms with Crippen LogP contribution < -0.4 is 0 Å². The third-order valence-electron chi connectivity index (χ3n) is 4.76. The van der Waals surface area contributed by atoms with Crippen LogP contribution in [-0.2, 0) is 4.74 Å². The van der Waals surface area contributed by atoms with Gasteiger partial charge in [0.1, 0.15) is 0 Å². The normalized spacial score (nSPS) is 38.2. The Kier molecular flexibility index (Phi) is 2.84. The van der Waals surface area contributed by atoms with E-state index in [1.165, 1.54) is 51.4 Å². The number of ether oxygens (including phenoxy) is 1. The summed E-state index contributed by atoms with van der Waals surface area (Å²) in [7, 11) is 0. The monoisotopic (exact) mass is 272 g/mol. The highest BCUT2D eigenvalue weighted by molar-refractivity contribution is 9.09. The van der Waals surface area contributed by atoms with Crippen LogP contribution in [0.4, 0.5) is 0 Å². The van der Waals surface area contributed by atoms with E-state index in [-0.39, 0.29) is 0 Å². The lowest BCUT2D eigenvalue weighted by atomic mass is 9.64. The van der Waals surface area contributed by atoms with Crippen LogP contribution in [0, 0.1) is 11.3 Å². The second kappa shape index (κ2) is 4.03. The lowest BCUT2D eigenvalue weighted by molar-refractivity contribution is -0.102. The molecule has 1 nitrogen and oxygen atoms in total. The van der Waals surface area contributed by atoms with Gasteiger partial charge >= 0.3 is 0 Å². The van der Waals surface area contributed by atoms with Crippen molar-refractivity contribution >= 4 is 15.9 Å². The average Bonchev–Trinajstić information content (AvgIpc) is 2.90. The maximum absolute atomic E-state index is 6.11. The predicted octanol–water partition coefficient (Wildman–Crippen LogP) is 3.90. The van der Waals surface area contributed by atoms with E-state index < -0.39 is 0 Å². The molecule has 86 valence electrons. The fourth-order valence-corrected chi connectivity index (χ4v) is 4.48. The zero-order valence-electron chi connectivity index (χ0n) is 9.38. The van der Waals surface area contributed by atoms with Crippen LogP contribution in [0.5, 0.6) is 0 Å². The van der Waals surface area contributed by atoms with E-state index in [0.29, 0.717) is 11.5 Å². The molecule has 0 bridgehead atoms. The molecule has 0 radical (unpaired) electrons. The third-order valence-corrected chi connectivity index (χ3v) is 6.05. The number of alkyl halides is 1. The maximum atomic E-state index is 6.11. The zero-order valence-corrected chi connectivity index (χ0v) is 11.0. The molecule has 0 N–H and O–H groups in total. The first kappa shape index (κ1) is 10.6. The SMILES string of the molecule is BrC1CC(OCCC2CC2)C12CCCC2. The lowest BCUT2D eigenvalue weighted by Gasteiger charge is -2.51. The second-order valence-corrected chi connectivity index (χ2v) is 6.84. The fraction of sp³-hybridized carbons (Fsp3) is 1.00. The first-order valence-electron chi connectivity index (χ1n) is 6.57. The number of hydrogen-bond acceptors (Lipinski definition) is 1. The van der Waals surface area contributed by atoms with E-state index in [0.717, 1.165) is 17.4 Å². The smallest absolute Gasteiger partial charge is 0.0652 e. The van der Waals surface area contributed by atoms with E-state index in [9.17, 15) is 0 Å². The summed E-state index contributed by atoms with van der Waals surface area (Å²) >= 11 is 3.84. The molecule has 15 heavy (non-hydrogen) atoms. The molecule has 2 heteroatoms. The van der Waals surface area contributed by atoms with Crippen molar-refractivity contribution in [1.29, 1.82) is 0 Å². The molecule has 0 amide bonds. The van der Waals surface area contributed by atoms with E-state index in [4.69, 9.17) is 4.74 Å². The highest BCUT2D eigenvalue weighted by Gasteiger charge is 2.55. The standard InChI is InChI=1S/C13H21BrO/c14-11-9-12(13(11)6-1-2-7-13)15-8-5-10-3-4-10/h10-12H,1-9H2. The topological polar surface area (TPSA) is 9.23 Å². The molecule has 3 aliphatic rings. The third kappa shape index (κ3) is 1.88. The molecule has 0 aromatic heterocycles. The minimum Gasteiger partial charge on any atom is -0.378 e. The minimum absolute atomic E-state index is 0.545. The number of halogens is 1. The maximum Gasteiger partial charge on any atom is 0.0652 e. The predicted molar refractivity (Wildman–Crippen MR) is 65.3 cm³/mol. The first-order valence-corrected chi connectivity index (χ1v) is 7.48. The summed E-state index contributed by atoms with van der Waals surface area (Å²) in [5.41, 5.74) is 0.545. The van der Waals surface area contributed by atoms with Crippen molar-refractivity contribution in [3.8, 4) is 0 Å². The van der Waals surface area contributed by atoms with Gasteiger partial charge in [0, 0.05) is 16.8 Å². The Balaban J connectivity index is 1.48. The quantitative estimate of drug-likeness (QED) is 0.706. The van der Waals surface area contributed by atoms with Gasteiger partial charge in [-0.25, -0.2) is 0 Å². The second-order valence-electron chi connectivity index (χ2n) is 5.73. The van der Waals surface area contributed by atoms with E-state index in [1.54, 1.807) is 0 Å². The van der Waals surface area contributed by atoms with Crippen molar-refractivity contribution in [2.45, 2.75) is 62.3 Å². The lowest BCUT2D eigenvalue weighted by Crippen LogP contribution is -2.53. The van der Waals surface area contributed by atoms with Gasteiger partial charge < -0.3 is 4.74 Å². The summed E-state index contributed by atoms with van der Waals surface area (Å²) in [6, 6.07) is 0. The Morgan fingerprint density at radius 3 is 2.53 bits per heavy atom. The summed E-state index contributed by atoms with van der Waals surface area (Å²) in [6.45, 7) is 1.02. The Morgan fingerprint density at radius 1 is 1.20 bits per heavy atom. The van der Waals surface area contributed by atoms with Crippen LogP contribution >= 0.6 is 15.9 Å². The molecule has 0 aromatic carbocycles. The molecule has 3 rings (SSSR count).